The van der Waals surface area contributed by atoms with Crippen molar-refractivity contribution in [2.24, 2.45) is 0 Å². The van der Waals surface area contributed by atoms with Crippen LogP contribution >= 0.6 is 0 Å². The number of likely N-dealkylation sites (N-methyl/N-ethyl adjacent to an activating group) is 1. The Morgan fingerprint density at radius 1 is 1.57 bits per heavy atom. The third kappa shape index (κ3) is 3.11. The van der Waals surface area contributed by atoms with Gasteiger partial charge in [-0.2, -0.15) is 0 Å². The number of amides is 1. The molecule has 0 radical (unpaired) electrons. The average molecular weight is 294 g/mol. The summed E-state index contributed by atoms with van der Waals surface area (Å²) in [5.41, 5.74) is 1.50. The molecule has 21 heavy (non-hydrogen) atoms. The zero-order chi connectivity index (χ0) is 15.4. The number of carbonyl (C=O) groups is 1. The third-order valence-corrected chi connectivity index (χ3v) is 3.67. The van der Waals surface area contributed by atoms with Crippen LogP contribution in [0, 0.1) is 0 Å². The fraction of sp³-hybridized carbons (Fsp3) is 0.533. The van der Waals surface area contributed by atoms with E-state index in [2.05, 4.69) is 5.32 Å². The van der Waals surface area contributed by atoms with Gasteiger partial charge in [0.25, 0.3) is 0 Å². The van der Waals surface area contributed by atoms with Crippen LogP contribution in [0.1, 0.15) is 18.6 Å². The number of aliphatic hydroxyl groups excluding tert-OH is 1. The maximum atomic E-state index is 12.1. The van der Waals surface area contributed by atoms with E-state index >= 15 is 0 Å². The van der Waals surface area contributed by atoms with Crippen LogP contribution in [0.25, 0.3) is 0 Å². The van der Waals surface area contributed by atoms with Crippen molar-refractivity contribution in [2.75, 3.05) is 38.8 Å². The van der Waals surface area contributed by atoms with E-state index in [1.54, 1.807) is 27.1 Å². The topological polar surface area (TPSA) is 71.0 Å². The zero-order valence-corrected chi connectivity index (χ0v) is 12.6. The maximum Gasteiger partial charge on any atom is 0.244 e. The molecule has 2 N–H and O–H groups in total. The number of carbonyl (C=O) groups excluding carboxylic acids is 1. The molecule has 0 aliphatic carbocycles. The summed E-state index contributed by atoms with van der Waals surface area (Å²) in [5, 5.41) is 12.7. The first-order chi connectivity index (χ1) is 10.1. The molecule has 2 unspecified atom stereocenters. The molecule has 6 nitrogen and oxygen atoms in total. The van der Waals surface area contributed by atoms with Gasteiger partial charge in [0.1, 0.15) is 11.8 Å². The van der Waals surface area contributed by atoms with E-state index in [-0.39, 0.29) is 5.91 Å². The Balaban J connectivity index is 2.45. The first-order valence-electron chi connectivity index (χ1n) is 7.01. The average Bonchev–Trinajstić information content (AvgIpc) is 2.53. The van der Waals surface area contributed by atoms with Crippen molar-refractivity contribution >= 4 is 11.6 Å². The minimum Gasteiger partial charge on any atom is -0.496 e. The number of rotatable bonds is 4. The number of nitrogens with zero attached hydrogens (tertiary/aromatic N) is 1. The Labute approximate surface area is 124 Å². The van der Waals surface area contributed by atoms with Gasteiger partial charge in [0.05, 0.1) is 26.4 Å². The second-order valence-electron chi connectivity index (χ2n) is 4.97. The highest BCUT2D eigenvalue weighted by Gasteiger charge is 2.31. The van der Waals surface area contributed by atoms with Crippen molar-refractivity contribution < 1.29 is 19.4 Å². The molecule has 0 bridgehead atoms. The Morgan fingerprint density at radius 3 is 2.95 bits per heavy atom. The molecule has 1 aliphatic heterocycles. The van der Waals surface area contributed by atoms with Crippen LogP contribution in [-0.2, 0) is 9.53 Å². The summed E-state index contributed by atoms with van der Waals surface area (Å²) < 4.78 is 10.8. The van der Waals surface area contributed by atoms with Gasteiger partial charge in [-0.05, 0) is 19.1 Å². The number of nitrogens with one attached hydrogen (secondary N) is 1. The highest BCUT2D eigenvalue weighted by molar-refractivity contribution is 5.86. The molecule has 1 amide bonds. The molecule has 1 saturated heterocycles. The minimum absolute atomic E-state index is 0.103. The van der Waals surface area contributed by atoms with Crippen LogP contribution in [-0.4, -0.2) is 51.0 Å². The Bertz CT molecular complexity index is 504. The lowest BCUT2D eigenvalue weighted by atomic mass is 10.0. The molecule has 6 heteroatoms. The van der Waals surface area contributed by atoms with Crippen LogP contribution < -0.4 is 15.0 Å². The molecule has 1 aliphatic rings. The van der Waals surface area contributed by atoms with Crippen LogP contribution in [0.15, 0.2) is 18.2 Å². The number of hydrogen-bond donors (Lipinski definition) is 2. The van der Waals surface area contributed by atoms with Gasteiger partial charge in [0, 0.05) is 24.8 Å². The molecule has 0 spiro atoms. The number of aliphatic hydroxyl groups is 1. The van der Waals surface area contributed by atoms with E-state index in [4.69, 9.17) is 9.47 Å². The van der Waals surface area contributed by atoms with Gasteiger partial charge >= 0.3 is 0 Å². The lowest BCUT2D eigenvalue weighted by Gasteiger charge is -2.37. The summed E-state index contributed by atoms with van der Waals surface area (Å²) >= 11 is 0. The van der Waals surface area contributed by atoms with E-state index in [0.717, 1.165) is 5.69 Å². The van der Waals surface area contributed by atoms with Crippen molar-refractivity contribution in [1.29, 1.82) is 0 Å². The molecular formula is C15H22N2O4. The predicted molar refractivity (Wildman–Crippen MR) is 79.6 cm³/mol. The summed E-state index contributed by atoms with van der Waals surface area (Å²) in [7, 11) is 3.18. The van der Waals surface area contributed by atoms with Crippen LogP contribution in [0.5, 0.6) is 5.75 Å². The molecular weight excluding hydrogens is 272 g/mol. The van der Waals surface area contributed by atoms with Crippen LogP contribution in [0.2, 0.25) is 0 Å². The first-order valence-corrected chi connectivity index (χ1v) is 7.01. The largest absolute Gasteiger partial charge is 0.496 e. The minimum atomic E-state index is -0.690. The van der Waals surface area contributed by atoms with Crippen molar-refractivity contribution in [3.8, 4) is 5.75 Å². The molecule has 0 aromatic heterocycles. The van der Waals surface area contributed by atoms with Gasteiger partial charge in [-0.1, -0.05) is 6.07 Å². The number of anilines is 1. The molecule has 116 valence electrons. The molecule has 0 saturated carbocycles. The van der Waals surface area contributed by atoms with E-state index in [1.165, 1.54) is 0 Å². The van der Waals surface area contributed by atoms with Gasteiger partial charge in [0.2, 0.25) is 5.91 Å². The SMILES string of the molecule is CNC(=O)C1COCCN1c1cccc(OC)c1C(C)O. The van der Waals surface area contributed by atoms with Crippen LogP contribution in [0.3, 0.4) is 0 Å². The van der Waals surface area contributed by atoms with Crippen molar-refractivity contribution in [3.05, 3.63) is 23.8 Å². The highest BCUT2D eigenvalue weighted by atomic mass is 16.5. The fourth-order valence-corrected chi connectivity index (χ4v) is 2.66. The van der Waals surface area contributed by atoms with E-state index in [0.29, 0.717) is 31.1 Å². The molecule has 1 aromatic carbocycles. The third-order valence-electron chi connectivity index (χ3n) is 3.67. The standard InChI is InChI=1S/C15H22N2O4/c1-10(18)14-11(5-4-6-13(14)20-3)17-7-8-21-9-12(17)15(19)16-2/h4-6,10,12,18H,7-9H2,1-3H3,(H,16,19). The lowest BCUT2D eigenvalue weighted by molar-refractivity contribution is -0.124. The van der Waals surface area contributed by atoms with Gasteiger partial charge in [-0.3, -0.25) is 4.79 Å². The van der Waals surface area contributed by atoms with Crippen molar-refractivity contribution in [3.63, 3.8) is 0 Å². The lowest BCUT2D eigenvalue weighted by Crippen LogP contribution is -2.53. The molecule has 2 rings (SSSR count). The van der Waals surface area contributed by atoms with Crippen molar-refractivity contribution in [2.45, 2.75) is 19.1 Å². The second-order valence-corrected chi connectivity index (χ2v) is 4.97. The monoisotopic (exact) mass is 294 g/mol. The Morgan fingerprint density at radius 2 is 2.33 bits per heavy atom. The first kappa shape index (κ1) is 15.6. The van der Waals surface area contributed by atoms with Gasteiger partial charge in [0.15, 0.2) is 0 Å². The number of morpholine rings is 1. The number of methoxy groups -OCH3 is 1. The number of hydrogen-bond acceptors (Lipinski definition) is 5. The van der Waals surface area contributed by atoms with Crippen molar-refractivity contribution in [1.82, 2.24) is 5.32 Å². The quantitative estimate of drug-likeness (QED) is 0.855. The van der Waals surface area contributed by atoms with Gasteiger partial charge < -0.3 is 24.8 Å². The maximum absolute atomic E-state index is 12.1. The summed E-state index contributed by atoms with van der Waals surface area (Å²) in [6, 6.07) is 5.15. The highest BCUT2D eigenvalue weighted by Crippen LogP contribution is 2.36. The van der Waals surface area contributed by atoms with Gasteiger partial charge in [-0.25, -0.2) is 0 Å². The normalized spacial score (nSPS) is 20.0. The number of benzene rings is 1. The van der Waals surface area contributed by atoms with E-state index in [9.17, 15) is 9.90 Å². The second kappa shape index (κ2) is 6.78. The summed E-state index contributed by atoms with van der Waals surface area (Å²) in [4.78, 5) is 14.0. The number of ether oxygens (including phenoxy) is 2. The van der Waals surface area contributed by atoms with E-state index < -0.39 is 12.1 Å². The summed E-state index contributed by atoms with van der Waals surface area (Å²) in [5.74, 6) is 0.513. The van der Waals surface area contributed by atoms with Gasteiger partial charge in [-0.15, -0.1) is 0 Å². The zero-order valence-electron chi connectivity index (χ0n) is 12.6. The fourth-order valence-electron chi connectivity index (χ4n) is 2.66. The molecule has 1 fully saturated rings. The molecule has 2 atom stereocenters. The van der Waals surface area contributed by atoms with E-state index in [1.807, 2.05) is 17.0 Å². The molecule has 1 aromatic rings. The Hall–Kier alpha value is -1.79. The smallest absolute Gasteiger partial charge is 0.244 e. The predicted octanol–water partition coefficient (Wildman–Crippen LogP) is 0.700. The summed E-state index contributed by atoms with van der Waals surface area (Å²) in [6.45, 7) is 3.15. The van der Waals surface area contributed by atoms with Crippen LogP contribution in [0.4, 0.5) is 5.69 Å². The molecule has 1 heterocycles. The Kier molecular flexibility index (Phi) is 5.03. The summed E-state index contributed by atoms with van der Waals surface area (Å²) in [6.07, 6.45) is -0.690.